The smallest absolute Gasteiger partial charge is 0.191 e. The van der Waals surface area contributed by atoms with Crippen LogP contribution in [0, 0.1) is 0 Å². The molecule has 0 atom stereocenters. The van der Waals surface area contributed by atoms with Gasteiger partial charge < -0.3 is 15.4 Å². The summed E-state index contributed by atoms with van der Waals surface area (Å²) in [5.41, 5.74) is 0.0748. The summed E-state index contributed by atoms with van der Waals surface area (Å²) in [5.74, 6) is 2.12. The van der Waals surface area contributed by atoms with Crippen molar-refractivity contribution in [2.45, 2.75) is 32.7 Å². The predicted octanol–water partition coefficient (Wildman–Crippen LogP) is 1.41. The van der Waals surface area contributed by atoms with E-state index in [2.05, 4.69) is 42.6 Å². The number of morpholine rings is 1. The van der Waals surface area contributed by atoms with Crippen LogP contribution in [0.3, 0.4) is 0 Å². The maximum absolute atomic E-state index is 5.43. The largest absolute Gasteiger partial charge is 0.379 e. The Balaban J connectivity index is 2.46. The molecule has 0 aromatic heterocycles. The second kappa shape index (κ2) is 10.3. The lowest BCUT2D eigenvalue weighted by Crippen LogP contribution is -2.52. The van der Waals surface area contributed by atoms with Crippen molar-refractivity contribution in [3.8, 4) is 0 Å². The van der Waals surface area contributed by atoms with E-state index in [0.717, 1.165) is 51.9 Å². The second-order valence-corrected chi connectivity index (χ2v) is 6.87. The number of guanidine groups is 1. The Kier molecular flexibility index (Phi) is 9.11. The van der Waals surface area contributed by atoms with Crippen LogP contribution >= 0.6 is 11.8 Å². The minimum Gasteiger partial charge on any atom is -0.379 e. The fraction of sp³-hybridized carbons (Fsp3) is 0.933. The lowest BCUT2D eigenvalue weighted by molar-refractivity contribution is -0.00683. The lowest BCUT2D eigenvalue weighted by atomic mass is 10.0. The van der Waals surface area contributed by atoms with Gasteiger partial charge in [-0.1, -0.05) is 0 Å². The van der Waals surface area contributed by atoms with Gasteiger partial charge in [0.2, 0.25) is 0 Å². The van der Waals surface area contributed by atoms with Crippen LogP contribution in [-0.2, 0) is 4.74 Å². The van der Waals surface area contributed by atoms with Gasteiger partial charge in [-0.25, -0.2) is 0 Å². The van der Waals surface area contributed by atoms with Gasteiger partial charge in [0, 0.05) is 31.7 Å². The number of ether oxygens (including phenoxy) is 1. The van der Waals surface area contributed by atoms with Crippen LogP contribution in [0.15, 0.2) is 4.99 Å². The Labute approximate surface area is 134 Å². The molecule has 0 aliphatic carbocycles. The molecule has 0 bridgehead atoms. The topological polar surface area (TPSA) is 48.9 Å². The summed E-state index contributed by atoms with van der Waals surface area (Å²) in [5, 5.41) is 6.74. The van der Waals surface area contributed by atoms with E-state index in [1.54, 1.807) is 0 Å². The molecule has 21 heavy (non-hydrogen) atoms. The zero-order valence-electron chi connectivity index (χ0n) is 14.1. The first kappa shape index (κ1) is 18.6. The number of nitrogens with one attached hydrogen (secondary N) is 2. The standard InChI is InChI=1S/C15H32N4OS/c1-5-16-14(17-7-6-12-21-4)18-13-15(2,3)19-8-10-20-11-9-19/h5-13H2,1-4H3,(H2,16,17,18). The molecule has 0 unspecified atom stereocenters. The molecule has 1 aliphatic heterocycles. The van der Waals surface area contributed by atoms with Gasteiger partial charge in [-0.05, 0) is 39.2 Å². The van der Waals surface area contributed by atoms with Gasteiger partial charge in [-0.15, -0.1) is 0 Å². The van der Waals surface area contributed by atoms with E-state index in [-0.39, 0.29) is 5.54 Å². The summed E-state index contributed by atoms with van der Waals surface area (Å²) in [6, 6.07) is 0. The number of thioether (sulfide) groups is 1. The molecule has 0 aromatic carbocycles. The summed E-state index contributed by atoms with van der Waals surface area (Å²) < 4.78 is 5.43. The van der Waals surface area contributed by atoms with Gasteiger partial charge in [-0.2, -0.15) is 11.8 Å². The quantitative estimate of drug-likeness (QED) is 0.403. The van der Waals surface area contributed by atoms with Crippen molar-refractivity contribution in [2.75, 3.05) is 57.9 Å². The number of hydrogen-bond acceptors (Lipinski definition) is 4. The Morgan fingerprint density at radius 2 is 2.00 bits per heavy atom. The molecule has 1 aliphatic rings. The monoisotopic (exact) mass is 316 g/mol. The SMILES string of the molecule is CCNC(=NCC(C)(C)N1CCOCC1)NCCCSC. The van der Waals surface area contributed by atoms with Crippen molar-refractivity contribution in [1.29, 1.82) is 0 Å². The molecule has 0 aromatic rings. The van der Waals surface area contributed by atoms with Gasteiger partial charge in [0.05, 0.1) is 19.8 Å². The molecule has 2 N–H and O–H groups in total. The molecule has 1 fully saturated rings. The van der Waals surface area contributed by atoms with E-state index in [0.29, 0.717) is 0 Å². The number of nitrogens with zero attached hydrogens (tertiary/aromatic N) is 2. The molecule has 1 rings (SSSR count). The van der Waals surface area contributed by atoms with E-state index >= 15 is 0 Å². The highest BCUT2D eigenvalue weighted by molar-refractivity contribution is 7.98. The first-order valence-electron chi connectivity index (χ1n) is 7.94. The van der Waals surface area contributed by atoms with Crippen LogP contribution in [-0.4, -0.2) is 74.3 Å². The first-order chi connectivity index (χ1) is 10.1. The summed E-state index contributed by atoms with van der Waals surface area (Å²) >= 11 is 1.88. The summed E-state index contributed by atoms with van der Waals surface area (Å²) in [7, 11) is 0. The molecule has 0 amide bonds. The minimum absolute atomic E-state index is 0.0748. The highest BCUT2D eigenvalue weighted by atomic mass is 32.2. The molecule has 6 heteroatoms. The van der Waals surface area contributed by atoms with Gasteiger partial charge >= 0.3 is 0 Å². The third-order valence-electron chi connectivity index (χ3n) is 3.65. The first-order valence-corrected chi connectivity index (χ1v) is 9.33. The van der Waals surface area contributed by atoms with Gasteiger partial charge in [0.25, 0.3) is 0 Å². The average Bonchev–Trinajstić information content (AvgIpc) is 2.50. The van der Waals surface area contributed by atoms with E-state index in [9.17, 15) is 0 Å². The van der Waals surface area contributed by atoms with Crippen molar-refractivity contribution in [2.24, 2.45) is 4.99 Å². The lowest BCUT2D eigenvalue weighted by Gasteiger charge is -2.39. The maximum atomic E-state index is 5.43. The normalized spacial score (nSPS) is 17.8. The van der Waals surface area contributed by atoms with Crippen LogP contribution in [0.25, 0.3) is 0 Å². The van der Waals surface area contributed by atoms with Crippen LogP contribution < -0.4 is 10.6 Å². The van der Waals surface area contributed by atoms with Crippen molar-refractivity contribution in [3.63, 3.8) is 0 Å². The Morgan fingerprint density at radius 3 is 2.62 bits per heavy atom. The molecule has 0 spiro atoms. The minimum atomic E-state index is 0.0748. The highest BCUT2D eigenvalue weighted by Crippen LogP contribution is 2.16. The molecule has 1 saturated heterocycles. The van der Waals surface area contributed by atoms with Crippen molar-refractivity contribution in [3.05, 3.63) is 0 Å². The fourth-order valence-electron chi connectivity index (χ4n) is 2.31. The summed E-state index contributed by atoms with van der Waals surface area (Å²) in [6.07, 6.45) is 3.31. The van der Waals surface area contributed by atoms with Gasteiger partial charge in [0.15, 0.2) is 5.96 Å². The molecule has 0 radical (unpaired) electrons. The second-order valence-electron chi connectivity index (χ2n) is 5.88. The number of aliphatic imine (C=N–C) groups is 1. The van der Waals surface area contributed by atoms with Crippen LogP contribution in [0.5, 0.6) is 0 Å². The maximum Gasteiger partial charge on any atom is 0.191 e. The van der Waals surface area contributed by atoms with Gasteiger partial charge in [-0.3, -0.25) is 9.89 Å². The summed E-state index contributed by atoms with van der Waals surface area (Å²) in [4.78, 5) is 7.23. The molecular formula is C15H32N4OS. The zero-order chi connectivity index (χ0) is 15.6. The van der Waals surface area contributed by atoms with Crippen LogP contribution in [0.4, 0.5) is 0 Å². The van der Waals surface area contributed by atoms with Crippen LogP contribution in [0.2, 0.25) is 0 Å². The molecular weight excluding hydrogens is 284 g/mol. The highest BCUT2D eigenvalue weighted by Gasteiger charge is 2.27. The average molecular weight is 317 g/mol. The van der Waals surface area contributed by atoms with Crippen LogP contribution in [0.1, 0.15) is 27.2 Å². The third kappa shape index (κ3) is 7.38. The number of rotatable bonds is 8. The van der Waals surface area contributed by atoms with E-state index in [1.165, 1.54) is 12.2 Å². The Hall–Kier alpha value is -0.460. The number of hydrogen-bond donors (Lipinski definition) is 2. The third-order valence-corrected chi connectivity index (χ3v) is 4.35. The van der Waals surface area contributed by atoms with Gasteiger partial charge in [0.1, 0.15) is 0 Å². The molecule has 124 valence electrons. The summed E-state index contributed by atoms with van der Waals surface area (Å²) in [6.45, 7) is 13.0. The van der Waals surface area contributed by atoms with E-state index in [4.69, 9.17) is 9.73 Å². The fourth-order valence-corrected chi connectivity index (χ4v) is 2.74. The Morgan fingerprint density at radius 1 is 1.29 bits per heavy atom. The molecule has 0 saturated carbocycles. The Bertz CT molecular complexity index is 304. The van der Waals surface area contributed by atoms with Crippen molar-refractivity contribution < 1.29 is 4.74 Å². The predicted molar refractivity (Wildman–Crippen MR) is 93.5 cm³/mol. The van der Waals surface area contributed by atoms with E-state index < -0.39 is 0 Å². The molecule has 5 nitrogen and oxygen atoms in total. The van der Waals surface area contributed by atoms with E-state index in [1.807, 2.05) is 11.8 Å². The zero-order valence-corrected chi connectivity index (χ0v) is 14.9. The van der Waals surface area contributed by atoms with Crippen molar-refractivity contribution >= 4 is 17.7 Å². The van der Waals surface area contributed by atoms with Crippen molar-refractivity contribution in [1.82, 2.24) is 15.5 Å². The molecule has 1 heterocycles.